The van der Waals surface area contributed by atoms with Crippen molar-refractivity contribution in [2.24, 2.45) is 0 Å². The minimum Gasteiger partial charge on any atom is -0.464 e. The van der Waals surface area contributed by atoms with Crippen LogP contribution in [0.1, 0.15) is 25.8 Å². The molecule has 0 amide bonds. The highest BCUT2D eigenvalue weighted by Gasteiger charge is 2.61. The fourth-order valence-corrected chi connectivity index (χ4v) is 2.18. The highest BCUT2D eigenvalue weighted by Crippen LogP contribution is 2.49. The molecule has 1 aliphatic rings. The van der Waals surface area contributed by atoms with Crippen LogP contribution in [0.4, 0.5) is 0 Å². The highest BCUT2D eigenvalue weighted by molar-refractivity contribution is 6.30. The van der Waals surface area contributed by atoms with Gasteiger partial charge in [0.15, 0.2) is 6.10 Å². The molecule has 0 spiro atoms. The number of hydrogen-bond donors (Lipinski definition) is 0. The molecule has 2 atom stereocenters. The van der Waals surface area contributed by atoms with Crippen LogP contribution in [0, 0.1) is 0 Å². The smallest absolute Gasteiger partial charge is 0.338 e. The third kappa shape index (κ3) is 2.17. The van der Waals surface area contributed by atoms with Gasteiger partial charge < -0.3 is 9.47 Å². The van der Waals surface area contributed by atoms with Gasteiger partial charge in [-0.05, 0) is 31.0 Å². The molecule has 0 bridgehead atoms. The van der Waals surface area contributed by atoms with Gasteiger partial charge in [-0.3, -0.25) is 0 Å². The Labute approximate surface area is 106 Å². The second kappa shape index (κ2) is 4.67. The van der Waals surface area contributed by atoms with Gasteiger partial charge in [-0.2, -0.15) is 0 Å². The molecule has 0 aliphatic carbocycles. The Morgan fingerprint density at radius 1 is 1.41 bits per heavy atom. The number of epoxide rings is 1. The zero-order valence-electron chi connectivity index (χ0n) is 9.90. The van der Waals surface area contributed by atoms with Gasteiger partial charge in [-0.1, -0.05) is 30.7 Å². The van der Waals surface area contributed by atoms with Crippen molar-refractivity contribution >= 4 is 17.6 Å². The zero-order chi connectivity index (χ0) is 12.5. The molecule has 0 radical (unpaired) electrons. The fourth-order valence-electron chi connectivity index (χ4n) is 2.06. The lowest BCUT2D eigenvalue weighted by Crippen LogP contribution is -2.20. The summed E-state index contributed by atoms with van der Waals surface area (Å²) in [5, 5.41) is 0.674. The molecule has 4 heteroatoms. The first-order valence-electron chi connectivity index (χ1n) is 5.74. The number of rotatable bonds is 4. The molecule has 2 unspecified atom stereocenters. The minimum absolute atomic E-state index is 0.288. The van der Waals surface area contributed by atoms with E-state index in [0.29, 0.717) is 11.6 Å². The second-order valence-electron chi connectivity index (χ2n) is 4.00. The van der Waals surface area contributed by atoms with Crippen LogP contribution in [-0.4, -0.2) is 18.7 Å². The first-order valence-corrected chi connectivity index (χ1v) is 6.12. The predicted molar refractivity (Wildman–Crippen MR) is 64.9 cm³/mol. The van der Waals surface area contributed by atoms with E-state index in [-0.39, 0.29) is 5.97 Å². The second-order valence-corrected chi connectivity index (χ2v) is 4.44. The molecular weight excluding hydrogens is 240 g/mol. The zero-order valence-corrected chi connectivity index (χ0v) is 10.7. The van der Waals surface area contributed by atoms with Gasteiger partial charge in [0.25, 0.3) is 0 Å². The van der Waals surface area contributed by atoms with Crippen molar-refractivity contribution in [1.29, 1.82) is 0 Å². The third-order valence-corrected chi connectivity index (χ3v) is 3.31. The topological polar surface area (TPSA) is 38.8 Å². The Morgan fingerprint density at radius 3 is 2.59 bits per heavy atom. The molecule has 2 rings (SSSR count). The quantitative estimate of drug-likeness (QED) is 0.613. The standard InChI is InChI=1S/C13H15ClO3/c1-3-13(9-5-7-10(14)8-6-9)11(17-13)12(15)16-4-2/h5-8,11H,3-4H2,1-2H3. The van der Waals surface area contributed by atoms with Crippen LogP contribution >= 0.6 is 11.6 Å². The SMILES string of the molecule is CCOC(=O)C1OC1(CC)c1ccc(Cl)cc1. The Bertz CT molecular complexity index is 415. The fraction of sp³-hybridized carbons (Fsp3) is 0.462. The van der Waals surface area contributed by atoms with Gasteiger partial charge in [0, 0.05) is 5.02 Å². The number of esters is 1. The van der Waals surface area contributed by atoms with Crippen molar-refractivity contribution in [1.82, 2.24) is 0 Å². The van der Waals surface area contributed by atoms with E-state index in [1.807, 2.05) is 19.1 Å². The maximum atomic E-state index is 11.6. The number of carbonyl (C=O) groups is 1. The summed E-state index contributed by atoms with van der Waals surface area (Å²) in [5.41, 5.74) is 0.457. The van der Waals surface area contributed by atoms with Crippen LogP contribution in [-0.2, 0) is 19.9 Å². The summed E-state index contributed by atoms with van der Waals surface area (Å²) < 4.78 is 10.6. The van der Waals surface area contributed by atoms with Crippen molar-refractivity contribution in [3.05, 3.63) is 34.9 Å². The largest absolute Gasteiger partial charge is 0.464 e. The molecule has 1 saturated heterocycles. The van der Waals surface area contributed by atoms with E-state index in [1.165, 1.54) is 0 Å². The third-order valence-electron chi connectivity index (χ3n) is 3.05. The number of halogens is 1. The van der Waals surface area contributed by atoms with Crippen LogP contribution in [0.3, 0.4) is 0 Å². The van der Waals surface area contributed by atoms with Crippen molar-refractivity contribution in [3.63, 3.8) is 0 Å². The van der Waals surface area contributed by atoms with Crippen molar-refractivity contribution < 1.29 is 14.3 Å². The molecule has 1 aromatic carbocycles. The summed E-state index contributed by atoms with van der Waals surface area (Å²) in [4.78, 5) is 11.6. The Hall–Kier alpha value is -1.06. The number of carbonyl (C=O) groups excluding carboxylic acids is 1. The maximum absolute atomic E-state index is 11.6. The minimum atomic E-state index is -0.517. The summed E-state index contributed by atoms with van der Waals surface area (Å²) in [7, 11) is 0. The maximum Gasteiger partial charge on any atom is 0.338 e. The summed E-state index contributed by atoms with van der Waals surface area (Å²) in [6.07, 6.45) is 0.256. The van der Waals surface area contributed by atoms with Crippen LogP contribution in [0.25, 0.3) is 0 Å². The van der Waals surface area contributed by atoms with Crippen molar-refractivity contribution in [2.45, 2.75) is 32.0 Å². The van der Waals surface area contributed by atoms with E-state index in [9.17, 15) is 4.79 Å². The van der Waals surface area contributed by atoms with Crippen molar-refractivity contribution in [3.8, 4) is 0 Å². The molecule has 0 aromatic heterocycles. The summed E-state index contributed by atoms with van der Waals surface area (Å²) in [5.74, 6) is -0.288. The lowest BCUT2D eigenvalue weighted by molar-refractivity contribution is -0.144. The Balaban J connectivity index is 2.18. The molecule has 92 valence electrons. The molecule has 17 heavy (non-hydrogen) atoms. The van der Waals surface area contributed by atoms with E-state index in [4.69, 9.17) is 21.1 Å². The first kappa shape index (κ1) is 12.4. The van der Waals surface area contributed by atoms with E-state index < -0.39 is 11.7 Å². The normalized spacial score (nSPS) is 26.6. The van der Waals surface area contributed by atoms with Gasteiger partial charge in [0.1, 0.15) is 5.60 Å². The van der Waals surface area contributed by atoms with Crippen LogP contribution in [0.2, 0.25) is 5.02 Å². The molecule has 3 nitrogen and oxygen atoms in total. The summed E-state index contributed by atoms with van der Waals surface area (Å²) >= 11 is 5.84. The predicted octanol–water partition coefficient (Wildman–Crippen LogP) is 2.91. The van der Waals surface area contributed by atoms with Crippen LogP contribution in [0.15, 0.2) is 24.3 Å². The molecule has 1 aromatic rings. The highest BCUT2D eigenvalue weighted by atomic mass is 35.5. The Kier molecular flexibility index (Phi) is 3.40. The van der Waals surface area contributed by atoms with Gasteiger partial charge >= 0.3 is 5.97 Å². The summed E-state index contributed by atoms with van der Waals surface area (Å²) in [6.45, 7) is 4.16. The average molecular weight is 255 g/mol. The average Bonchev–Trinajstić information content (AvgIpc) is 3.06. The van der Waals surface area contributed by atoms with Gasteiger partial charge in [-0.25, -0.2) is 4.79 Å². The molecular formula is C13H15ClO3. The molecule has 1 aliphatic heterocycles. The number of hydrogen-bond acceptors (Lipinski definition) is 3. The van der Waals surface area contributed by atoms with Gasteiger partial charge in [0.2, 0.25) is 0 Å². The molecule has 0 saturated carbocycles. The van der Waals surface area contributed by atoms with E-state index >= 15 is 0 Å². The van der Waals surface area contributed by atoms with E-state index in [1.54, 1.807) is 19.1 Å². The number of benzene rings is 1. The lowest BCUT2D eigenvalue weighted by Gasteiger charge is -2.10. The van der Waals surface area contributed by atoms with E-state index in [0.717, 1.165) is 12.0 Å². The van der Waals surface area contributed by atoms with Crippen molar-refractivity contribution in [2.75, 3.05) is 6.61 Å². The Morgan fingerprint density at radius 2 is 2.06 bits per heavy atom. The molecule has 1 fully saturated rings. The summed E-state index contributed by atoms with van der Waals surface area (Å²) in [6, 6.07) is 7.40. The lowest BCUT2D eigenvalue weighted by atomic mass is 9.93. The number of ether oxygens (including phenoxy) is 2. The van der Waals surface area contributed by atoms with Gasteiger partial charge in [-0.15, -0.1) is 0 Å². The van der Waals surface area contributed by atoms with E-state index in [2.05, 4.69) is 0 Å². The monoisotopic (exact) mass is 254 g/mol. The molecule has 0 N–H and O–H groups in total. The molecule has 1 heterocycles. The van der Waals surface area contributed by atoms with Crippen LogP contribution in [0.5, 0.6) is 0 Å². The van der Waals surface area contributed by atoms with Gasteiger partial charge in [0.05, 0.1) is 6.61 Å². The van der Waals surface area contributed by atoms with Crippen LogP contribution < -0.4 is 0 Å². The first-order chi connectivity index (χ1) is 8.14.